The monoisotopic (exact) mass is 290 g/mol. The first-order valence-corrected chi connectivity index (χ1v) is 8.56. The molecule has 0 atom stereocenters. The fourth-order valence-electron chi connectivity index (χ4n) is 3.88. The molecule has 0 aromatic heterocycles. The summed E-state index contributed by atoms with van der Waals surface area (Å²) in [4.78, 5) is 14.4. The first kappa shape index (κ1) is 14.8. The minimum Gasteiger partial charge on any atom is -0.378 e. The van der Waals surface area contributed by atoms with Crippen LogP contribution in [0, 0.1) is 22.7 Å². The summed E-state index contributed by atoms with van der Waals surface area (Å²) in [5.41, 5.74) is -0.683. The van der Waals surface area contributed by atoms with Gasteiger partial charge >= 0.3 is 0 Å². The average Bonchev–Trinajstić information content (AvgIpc) is 2.98. The van der Waals surface area contributed by atoms with Crippen molar-refractivity contribution in [1.82, 2.24) is 4.90 Å². The number of hydrogen-bond acceptors (Lipinski definition) is 3. The molecule has 2 saturated carbocycles. The van der Waals surface area contributed by atoms with E-state index in [2.05, 4.69) is 6.07 Å². The van der Waals surface area contributed by atoms with Crippen LogP contribution in [-0.2, 0) is 9.53 Å². The molecular weight excluding hydrogens is 264 g/mol. The second-order valence-electron chi connectivity index (χ2n) is 7.02. The maximum atomic E-state index is 12.5. The number of ether oxygens (including phenoxy) is 1. The molecule has 0 bridgehead atoms. The lowest BCUT2D eigenvalue weighted by Crippen LogP contribution is -2.50. The van der Waals surface area contributed by atoms with E-state index in [9.17, 15) is 10.1 Å². The van der Waals surface area contributed by atoms with E-state index in [0.29, 0.717) is 6.10 Å². The third-order valence-corrected chi connectivity index (χ3v) is 5.60. The molecule has 3 fully saturated rings. The van der Waals surface area contributed by atoms with Gasteiger partial charge in [0.2, 0.25) is 5.91 Å². The predicted octanol–water partition coefficient (Wildman–Crippen LogP) is 2.88. The summed E-state index contributed by atoms with van der Waals surface area (Å²) in [6.45, 7) is 2.43. The Morgan fingerprint density at radius 3 is 2.33 bits per heavy atom. The molecule has 2 aliphatic carbocycles. The minimum atomic E-state index is -0.683. The van der Waals surface area contributed by atoms with Gasteiger partial charge in [-0.2, -0.15) is 5.26 Å². The smallest absolute Gasteiger partial charge is 0.243 e. The molecule has 1 heterocycles. The van der Waals surface area contributed by atoms with Gasteiger partial charge in [0.25, 0.3) is 0 Å². The van der Waals surface area contributed by atoms with Gasteiger partial charge < -0.3 is 9.64 Å². The van der Waals surface area contributed by atoms with Crippen LogP contribution in [0.15, 0.2) is 0 Å². The van der Waals surface area contributed by atoms with Crippen LogP contribution in [0.4, 0.5) is 0 Å². The molecule has 0 radical (unpaired) electrons. The lowest BCUT2D eigenvalue weighted by molar-refractivity contribution is -0.145. The third kappa shape index (κ3) is 3.08. The lowest BCUT2D eigenvalue weighted by Gasteiger charge is -2.40. The summed E-state index contributed by atoms with van der Waals surface area (Å²) in [6.07, 6.45) is 10.0. The zero-order valence-electron chi connectivity index (χ0n) is 12.9. The Hall–Kier alpha value is -1.08. The number of hydrogen-bond donors (Lipinski definition) is 0. The van der Waals surface area contributed by atoms with Gasteiger partial charge in [-0.05, 0) is 50.9 Å². The average molecular weight is 290 g/mol. The van der Waals surface area contributed by atoms with E-state index in [-0.39, 0.29) is 5.91 Å². The Morgan fingerprint density at radius 1 is 1.14 bits per heavy atom. The van der Waals surface area contributed by atoms with E-state index in [1.165, 1.54) is 25.7 Å². The molecule has 1 aliphatic heterocycles. The fraction of sp³-hybridized carbons (Fsp3) is 0.882. The Balaban J connectivity index is 1.42. The maximum Gasteiger partial charge on any atom is 0.243 e. The van der Waals surface area contributed by atoms with Crippen LogP contribution in [0.5, 0.6) is 0 Å². The van der Waals surface area contributed by atoms with E-state index in [1.807, 2.05) is 4.90 Å². The molecule has 3 aliphatic rings. The standard InChI is InChI=1S/C17H26N2O2/c18-13-17(8-3-9-17)16(20)19-10-6-15(7-11-19)21-12-14-4-1-2-5-14/h14-15H,1-12H2. The molecule has 0 spiro atoms. The zero-order chi connectivity index (χ0) is 14.7. The SMILES string of the molecule is N#CC1(C(=O)N2CCC(OCC3CCCC3)CC2)CCC1. The Morgan fingerprint density at radius 2 is 1.81 bits per heavy atom. The summed E-state index contributed by atoms with van der Waals surface area (Å²) < 4.78 is 6.04. The highest BCUT2D eigenvalue weighted by Crippen LogP contribution is 2.42. The van der Waals surface area contributed by atoms with Crippen molar-refractivity contribution in [2.75, 3.05) is 19.7 Å². The van der Waals surface area contributed by atoms with Gasteiger partial charge in [-0.15, -0.1) is 0 Å². The number of nitrogens with zero attached hydrogens (tertiary/aromatic N) is 2. The summed E-state index contributed by atoms with van der Waals surface area (Å²) in [6, 6.07) is 2.26. The summed E-state index contributed by atoms with van der Waals surface area (Å²) in [7, 11) is 0. The number of carbonyl (C=O) groups excluding carboxylic acids is 1. The van der Waals surface area contributed by atoms with Crippen LogP contribution in [0.1, 0.15) is 57.8 Å². The van der Waals surface area contributed by atoms with E-state index in [4.69, 9.17) is 4.74 Å². The first-order chi connectivity index (χ1) is 10.2. The molecule has 4 nitrogen and oxygen atoms in total. The molecule has 3 rings (SSSR count). The molecule has 0 aromatic rings. The predicted molar refractivity (Wildman–Crippen MR) is 79.4 cm³/mol. The summed E-state index contributed by atoms with van der Waals surface area (Å²) >= 11 is 0. The van der Waals surface area contributed by atoms with Crippen molar-refractivity contribution in [3.63, 3.8) is 0 Å². The van der Waals surface area contributed by atoms with Crippen molar-refractivity contribution >= 4 is 5.91 Å². The highest BCUT2D eigenvalue weighted by molar-refractivity contribution is 5.86. The quantitative estimate of drug-likeness (QED) is 0.800. The molecule has 4 heteroatoms. The Kier molecular flexibility index (Phi) is 4.49. The molecule has 0 aromatic carbocycles. The minimum absolute atomic E-state index is 0.0745. The molecule has 0 N–H and O–H groups in total. The maximum absolute atomic E-state index is 12.5. The number of likely N-dealkylation sites (tertiary alicyclic amines) is 1. The number of rotatable bonds is 4. The third-order valence-electron chi connectivity index (χ3n) is 5.60. The highest BCUT2D eigenvalue weighted by atomic mass is 16.5. The van der Waals surface area contributed by atoms with Crippen LogP contribution in [0.3, 0.4) is 0 Å². The van der Waals surface area contributed by atoms with Crippen molar-refractivity contribution < 1.29 is 9.53 Å². The summed E-state index contributed by atoms with van der Waals surface area (Å²) in [5.74, 6) is 0.840. The largest absolute Gasteiger partial charge is 0.378 e. The number of piperidine rings is 1. The van der Waals surface area contributed by atoms with Gasteiger partial charge in [0.15, 0.2) is 0 Å². The molecule has 21 heavy (non-hydrogen) atoms. The molecular formula is C17H26N2O2. The van der Waals surface area contributed by atoms with Gasteiger partial charge in [0.1, 0.15) is 5.41 Å². The van der Waals surface area contributed by atoms with Crippen molar-refractivity contribution in [3.8, 4) is 6.07 Å². The topological polar surface area (TPSA) is 53.3 Å². The van der Waals surface area contributed by atoms with Crippen LogP contribution in [0.25, 0.3) is 0 Å². The highest BCUT2D eigenvalue weighted by Gasteiger charge is 2.47. The van der Waals surface area contributed by atoms with E-state index in [1.54, 1.807) is 0 Å². The van der Waals surface area contributed by atoms with Crippen LogP contribution in [-0.4, -0.2) is 36.6 Å². The van der Waals surface area contributed by atoms with Crippen LogP contribution >= 0.6 is 0 Å². The number of carbonyl (C=O) groups is 1. The molecule has 1 saturated heterocycles. The van der Waals surface area contributed by atoms with E-state index in [0.717, 1.165) is 57.7 Å². The summed E-state index contributed by atoms with van der Waals surface area (Å²) in [5, 5.41) is 9.27. The first-order valence-electron chi connectivity index (χ1n) is 8.56. The van der Waals surface area contributed by atoms with Crippen molar-refractivity contribution in [2.45, 2.75) is 63.9 Å². The number of amides is 1. The Labute approximate surface area is 127 Å². The lowest BCUT2D eigenvalue weighted by atomic mass is 9.69. The second kappa shape index (κ2) is 6.36. The normalized spacial score (nSPS) is 26.3. The van der Waals surface area contributed by atoms with Crippen molar-refractivity contribution in [2.24, 2.45) is 11.3 Å². The Bertz CT molecular complexity index is 411. The second-order valence-corrected chi connectivity index (χ2v) is 7.02. The van der Waals surface area contributed by atoms with Gasteiger partial charge in [-0.1, -0.05) is 12.8 Å². The fourth-order valence-corrected chi connectivity index (χ4v) is 3.88. The zero-order valence-corrected chi connectivity index (χ0v) is 12.9. The molecule has 0 unspecified atom stereocenters. The molecule has 1 amide bonds. The van der Waals surface area contributed by atoms with Crippen LogP contribution < -0.4 is 0 Å². The van der Waals surface area contributed by atoms with Crippen molar-refractivity contribution in [1.29, 1.82) is 5.26 Å². The van der Waals surface area contributed by atoms with Gasteiger partial charge in [0, 0.05) is 19.7 Å². The van der Waals surface area contributed by atoms with Gasteiger partial charge in [0.05, 0.1) is 12.2 Å². The van der Waals surface area contributed by atoms with E-state index < -0.39 is 5.41 Å². The van der Waals surface area contributed by atoms with E-state index >= 15 is 0 Å². The van der Waals surface area contributed by atoms with Crippen LogP contribution in [0.2, 0.25) is 0 Å². The molecule has 116 valence electrons. The van der Waals surface area contributed by atoms with Gasteiger partial charge in [-0.3, -0.25) is 4.79 Å². The number of nitriles is 1. The van der Waals surface area contributed by atoms with Gasteiger partial charge in [-0.25, -0.2) is 0 Å². The van der Waals surface area contributed by atoms with Crippen molar-refractivity contribution in [3.05, 3.63) is 0 Å².